The molecule has 2 saturated heterocycles. The lowest BCUT2D eigenvalue weighted by atomic mass is 10.2. The van der Waals surface area contributed by atoms with Crippen LogP contribution in [0.5, 0.6) is 0 Å². The average molecular weight is 236 g/mol. The Morgan fingerprint density at radius 3 is 3.00 bits per heavy atom. The van der Waals surface area contributed by atoms with Gasteiger partial charge in [0.2, 0.25) is 0 Å². The second kappa shape index (κ2) is 3.67. The molecule has 2 atom stereocenters. The molecule has 11 heavy (non-hydrogen) atoms. The molecule has 0 radical (unpaired) electrons. The average Bonchev–Trinajstić information content (AvgIpc) is 2.60. The molecule has 0 saturated carbocycles. The highest BCUT2D eigenvalue weighted by Crippen LogP contribution is 2.37. The molecular weight excluding hydrogens is 222 g/mol. The topological polar surface area (TPSA) is 3.24 Å². The van der Waals surface area contributed by atoms with Gasteiger partial charge in [0.15, 0.2) is 0 Å². The van der Waals surface area contributed by atoms with E-state index in [1.165, 1.54) is 31.7 Å². The normalized spacial score (nSPS) is 36.8. The third kappa shape index (κ3) is 1.76. The van der Waals surface area contributed by atoms with Crippen molar-refractivity contribution in [1.82, 2.24) is 4.90 Å². The second-order valence-corrected chi connectivity index (χ2v) is 5.51. The van der Waals surface area contributed by atoms with Gasteiger partial charge in [-0.3, -0.25) is 4.90 Å². The summed E-state index contributed by atoms with van der Waals surface area (Å²) in [5.41, 5.74) is 0. The van der Waals surface area contributed by atoms with Gasteiger partial charge in [-0.25, -0.2) is 0 Å². The van der Waals surface area contributed by atoms with Crippen LogP contribution in [0.15, 0.2) is 0 Å². The zero-order chi connectivity index (χ0) is 7.68. The Morgan fingerprint density at radius 1 is 1.55 bits per heavy atom. The number of nitrogens with zero attached hydrogens (tertiary/aromatic N) is 1. The second-order valence-electron chi connectivity index (χ2n) is 3.38. The molecule has 2 rings (SSSR count). The van der Waals surface area contributed by atoms with Crippen LogP contribution in [0.4, 0.5) is 0 Å². The number of alkyl halides is 1. The van der Waals surface area contributed by atoms with Gasteiger partial charge < -0.3 is 0 Å². The van der Waals surface area contributed by atoms with Crippen LogP contribution in [0.1, 0.15) is 12.8 Å². The third-order valence-electron chi connectivity index (χ3n) is 2.59. The monoisotopic (exact) mass is 235 g/mol. The predicted octanol–water partition coefficient (Wildman–Crippen LogP) is 1.96. The van der Waals surface area contributed by atoms with E-state index in [1.54, 1.807) is 0 Å². The van der Waals surface area contributed by atoms with Gasteiger partial charge in [-0.1, -0.05) is 15.9 Å². The molecule has 3 heteroatoms. The fraction of sp³-hybridized carbons (Fsp3) is 1.00. The lowest BCUT2D eigenvalue weighted by molar-refractivity contribution is 0.271. The number of fused-ring (bicyclic) bond motifs is 2. The van der Waals surface area contributed by atoms with Crippen LogP contribution < -0.4 is 0 Å². The van der Waals surface area contributed by atoms with Crippen molar-refractivity contribution in [2.45, 2.75) is 24.1 Å². The van der Waals surface area contributed by atoms with E-state index in [0.717, 1.165) is 16.6 Å². The Hall–Kier alpha value is 0.790. The molecule has 2 heterocycles. The first-order valence-corrected chi connectivity index (χ1v) is 6.49. The summed E-state index contributed by atoms with van der Waals surface area (Å²) in [6, 6.07) is 0.934. The van der Waals surface area contributed by atoms with Crippen molar-refractivity contribution in [2.24, 2.45) is 0 Å². The first kappa shape index (κ1) is 8.39. The van der Waals surface area contributed by atoms with E-state index in [0.29, 0.717) is 0 Å². The van der Waals surface area contributed by atoms with Gasteiger partial charge in [-0.15, -0.1) is 0 Å². The number of rotatable bonds is 3. The summed E-state index contributed by atoms with van der Waals surface area (Å²) in [7, 11) is 0. The highest BCUT2D eigenvalue weighted by molar-refractivity contribution is 9.09. The zero-order valence-corrected chi connectivity index (χ0v) is 9.03. The van der Waals surface area contributed by atoms with Crippen molar-refractivity contribution < 1.29 is 0 Å². The smallest absolute Gasteiger partial charge is 0.0197 e. The first-order valence-electron chi connectivity index (χ1n) is 4.32. The van der Waals surface area contributed by atoms with Crippen molar-refractivity contribution in [1.29, 1.82) is 0 Å². The molecule has 0 N–H and O–H groups in total. The van der Waals surface area contributed by atoms with E-state index >= 15 is 0 Å². The standard InChI is InChI=1S/C8H14BrNS/c9-2-1-3-10-5-8-4-7(10)6-11-8/h7-8H,1-6H2. The SMILES string of the molecule is BrCCCN1CC2CC1CS2. The maximum absolute atomic E-state index is 3.48. The van der Waals surface area contributed by atoms with Crippen molar-refractivity contribution in [3.63, 3.8) is 0 Å². The van der Waals surface area contributed by atoms with Crippen molar-refractivity contribution in [2.75, 3.05) is 24.2 Å². The van der Waals surface area contributed by atoms with Gasteiger partial charge in [0.05, 0.1) is 0 Å². The number of hydrogen-bond donors (Lipinski definition) is 0. The summed E-state index contributed by atoms with van der Waals surface area (Å²) in [6.07, 6.45) is 2.78. The molecular formula is C8H14BrNS. The predicted molar refractivity (Wildman–Crippen MR) is 54.6 cm³/mol. The van der Waals surface area contributed by atoms with Crippen LogP contribution in [0.25, 0.3) is 0 Å². The van der Waals surface area contributed by atoms with Gasteiger partial charge in [-0.2, -0.15) is 11.8 Å². The fourth-order valence-corrected chi connectivity index (χ4v) is 3.76. The van der Waals surface area contributed by atoms with E-state index in [2.05, 4.69) is 32.6 Å². The van der Waals surface area contributed by atoms with Gasteiger partial charge in [0.1, 0.15) is 0 Å². The highest BCUT2D eigenvalue weighted by Gasteiger charge is 2.37. The van der Waals surface area contributed by atoms with Crippen LogP contribution in [0.2, 0.25) is 0 Å². The van der Waals surface area contributed by atoms with Crippen LogP contribution in [0.3, 0.4) is 0 Å². The van der Waals surface area contributed by atoms with Gasteiger partial charge in [0.25, 0.3) is 0 Å². The minimum absolute atomic E-state index is 0.934. The van der Waals surface area contributed by atoms with Crippen molar-refractivity contribution >= 4 is 27.7 Å². The molecule has 2 aliphatic rings. The van der Waals surface area contributed by atoms with Crippen LogP contribution in [-0.4, -0.2) is 40.4 Å². The summed E-state index contributed by atoms with van der Waals surface area (Å²) in [6.45, 7) is 2.68. The van der Waals surface area contributed by atoms with Gasteiger partial charge >= 0.3 is 0 Å². The van der Waals surface area contributed by atoms with Crippen LogP contribution >= 0.6 is 27.7 Å². The van der Waals surface area contributed by atoms with E-state index in [-0.39, 0.29) is 0 Å². The van der Waals surface area contributed by atoms with Gasteiger partial charge in [0, 0.05) is 28.9 Å². The molecule has 2 aliphatic heterocycles. The minimum atomic E-state index is 0.934. The molecule has 64 valence electrons. The summed E-state index contributed by atoms with van der Waals surface area (Å²) in [4.78, 5) is 2.67. The maximum atomic E-state index is 3.48. The highest BCUT2D eigenvalue weighted by atomic mass is 79.9. The summed E-state index contributed by atoms with van der Waals surface area (Å²) in [5, 5.41) is 2.14. The van der Waals surface area contributed by atoms with E-state index in [4.69, 9.17) is 0 Å². The quantitative estimate of drug-likeness (QED) is 0.689. The number of halogens is 1. The van der Waals surface area contributed by atoms with Crippen LogP contribution in [-0.2, 0) is 0 Å². The lowest BCUT2D eigenvalue weighted by Gasteiger charge is -2.25. The number of likely N-dealkylation sites (tertiary alicyclic amines) is 1. The summed E-state index contributed by atoms with van der Waals surface area (Å²) in [5.74, 6) is 1.40. The summed E-state index contributed by atoms with van der Waals surface area (Å²) >= 11 is 5.65. The Morgan fingerprint density at radius 2 is 2.45 bits per heavy atom. The van der Waals surface area contributed by atoms with Crippen molar-refractivity contribution in [3.05, 3.63) is 0 Å². The molecule has 0 aromatic heterocycles. The molecule has 0 aliphatic carbocycles. The maximum Gasteiger partial charge on any atom is 0.0197 e. The third-order valence-corrected chi connectivity index (χ3v) is 4.54. The van der Waals surface area contributed by atoms with E-state index < -0.39 is 0 Å². The number of hydrogen-bond acceptors (Lipinski definition) is 2. The minimum Gasteiger partial charge on any atom is -0.298 e. The molecule has 0 aromatic rings. The van der Waals surface area contributed by atoms with Crippen molar-refractivity contribution in [3.8, 4) is 0 Å². The number of thioether (sulfide) groups is 1. The molecule has 0 spiro atoms. The van der Waals surface area contributed by atoms with Crippen LogP contribution in [0, 0.1) is 0 Å². The molecule has 1 nitrogen and oxygen atoms in total. The Bertz CT molecular complexity index is 142. The first-order chi connectivity index (χ1) is 5.40. The van der Waals surface area contributed by atoms with E-state index in [1.807, 2.05) is 0 Å². The summed E-state index contributed by atoms with van der Waals surface area (Å²) < 4.78 is 0. The molecule has 2 bridgehead atoms. The Labute approximate surface area is 81.0 Å². The van der Waals surface area contributed by atoms with Gasteiger partial charge in [-0.05, 0) is 19.4 Å². The molecule has 2 fully saturated rings. The molecule has 0 amide bonds. The Kier molecular flexibility index (Phi) is 2.80. The zero-order valence-electron chi connectivity index (χ0n) is 6.63. The fourth-order valence-electron chi connectivity index (χ4n) is 2.02. The molecule has 0 aromatic carbocycles. The lowest BCUT2D eigenvalue weighted by Crippen LogP contribution is -2.34. The largest absolute Gasteiger partial charge is 0.298 e. The molecule has 2 unspecified atom stereocenters. The Balaban J connectivity index is 1.78. The van der Waals surface area contributed by atoms with E-state index in [9.17, 15) is 0 Å².